The molecule has 9 heteroatoms. The molecule has 0 radical (unpaired) electrons. The number of aromatic nitrogens is 1. The zero-order chi connectivity index (χ0) is 21.1. The van der Waals surface area contributed by atoms with Crippen molar-refractivity contribution in [1.29, 1.82) is 0 Å². The van der Waals surface area contributed by atoms with Crippen molar-refractivity contribution in [3.8, 4) is 28.7 Å². The maximum atomic E-state index is 13.2. The van der Waals surface area contributed by atoms with Gasteiger partial charge in [-0.25, -0.2) is 8.42 Å². The van der Waals surface area contributed by atoms with Gasteiger partial charge in [0.25, 0.3) is 0 Å². The van der Waals surface area contributed by atoms with Crippen LogP contribution in [0.4, 0.5) is 5.88 Å². The Labute approximate surface area is 174 Å². The predicted molar refractivity (Wildman–Crippen MR) is 110 cm³/mol. The number of nitrogens with zero attached hydrogens (tertiary/aromatic N) is 1. The minimum Gasteiger partial charge on any atom is -0.494 e. The topological polar surface area (TPSA) is 99.9 Å². The molecule has 4 rings (SSSR count). The first kappa shape index (κ1) is 20.1. The van der Waals surface area contributed by atoms with Crippen molar-refractivity contribution in [2.45, 2.75) is 23.3 Å². The lowest BCUT2D eigenvalue weighted by Gasteiger charge is -2.18. The summed E-state index contributed by atoms with van der Waals surface area (Å²) in [5.41, 5.74) is 0.638. The van der Waals surface area contributed by atoms with Gasteiger partial charge in [-0.3, -0.25) is 0 Å². The summed E-state index contributed by atoms with van der Waals surface area (Å²) >= 11 is 0. The Bertz CT molecular complexity index is 1140. The number of ether oxygens (including phenoxy) is 3. The fraction of sp³-hybridized carbons (Fsp3) is 0.286. The second kappa shape index (κ2) is 8.27. The highest BCUT2D eigenvalue weighted by atomic mass is 32.2. The lowest BCUT2D eigenvalue weighted by Crippen LogP contribution is -2.16. The van der Waals surface area contributed by atoms with Gasteiger partial charge in [0.1, 0.15) is 19.0 Å². The average molecular weight is 430 g/mol. The highest BCUT2D eigenvalue weighted by Crippen LogP contribution is 2.37. The molecule has 158 valence electrons. The van der Waals surface area contributed by atoms with Gasteiger partial charge in [0.05, 0.1) is 11.5 Å². The second-order valence-electron chi connectivity index (χ2n) is 6.59. The number of hydrogen-bond acceptors (Lipinski definition) is 8. The number of fused-ring (bicyclic) bond motifs is 1. The highest BCUT2D eigenvalue weighted by Gasteiger charge is 2.29. The van der Waals surface area contributed by atoms with E-state index < -0.39 is 9.84 Å². The molecule has 2 aromatic carbocycles. The summed E-state index contributed by atoms with van der Waals surface area (Å²) in [6, 6.07) is 11.6. The molecule has 0 atom stereocenters. The van der Waals surface area contributed by atoms with Gasteiger partial charge in [-0.05, 0) is 42.8 Å². The van der Waals surface area contributed by atoms with E-state index in [0.717, 1.165) is 12.2 Å². The van der Waals surface area contributed by atoms with Crippen molar-refractivity contribution < 1.29 is 27.0 Å². The van der Waals surface area contributed by atoms with E-state index in [4.69, 9.17) is 18.6 Å². The van der Waals surface area contributed by atoms with Gasteiger partial charge in [-0.1, -0.05) is 6.92 Å². The van der Waals surface area contributed by atoms with E-state index in [0.29, 0.717) is 36.9 Å². The first-order chi connectivity index (χ1) is 14.5. The van der Waals surface area contributed by atoms with Crippen LogP contribution in [0, 0.1) is 0 Å². The number of nitrogens with one attached hydrogen (secondary N) is 1. The lowest BCUT2D eigenvalue weighted by molar-refractivity contribution is 0.171. The highest BCUT2D eigenvalue weighted by molar-refractivity contribution is 7.91. The van der Waals surface area contributed by atoms with Crippen molar-refractivity contribution in [3.05, 3.63) is 42.5 Å². The van der Waals surface area contributed by atoms with Crippen LogP contribution in [0.15, 0.2) is 56.8 Å². The van der Waals surface area contributed by atoms with Crippen LogP contribution in [0.3, 0.4) is 0 Å². The van der Waals surface area contributed by atoms with Crippen molar-refractivity contribution >= 4 is 15.7 Å². The molecule has 2 heterocycles. The summed E-state index contributed by atoms with van der Waals surface area (Å²) in [7, 11) is -2.37. The monoisotopic (exact) mass is 430 g/mol. The second-order valence-corrected chi connectivity index (χ2v) is 8.45. The van der Waals surface area contributed by atoms with Crippen LogP contribution in [0.2, 0.25) is 0 Å². The smallest absolute Gasteiger partial charge is 0.233 e. The molecule has 0 fully saturated rings. The fourth-order valence-electron chi connectivity index (χ4n) is 2.99. The van der Waals surface area contributed by atoms with Crippen molar-refractivity contribution in [1.82, 2.24) is 4.98 Å². The standard InChI is InChI=1S/C21H22N2O6S/c1-3-10-26-15-6-4-14(5-7-15)19-23-21(20(22-2)29-19)30(24,25)16-8-9-17-18(13-16)28-12-11-27-17/h4-9,13,22H,3,10-12H2,1-2H3. The van der Waals surface area contributed by atoms with Gasteiger partial charge in [0.2, 0.25) is 26.6 Å². The largest absolute Gasteiger partial charge is 0.494 e. The number of rotatable bonds is 7. The molecule has 0 saturated carbocycles. The van der Waals surface area contributed by atoms with Gasteiger partial charge in [-0.2, -0.15) is 4.98 Å². The summed E-state index contributed by atoms with van der Waals surface area (Å²) in [6.07, 6.45) is 0.911. The van der Waals surface area contributed by atoms with Gasteiger partial charge < -0.3 is 23.9 Å². The van der Waals surface area contributed by atoms with E-state index >= 15 is 0 Å². The molecule has 1 aliphatic rings. The van der Waals surface area contributed by atoms with Gasteiger partial charge in [-0.15, -0.1) is 0 Å². The number of sulfone groups is 1. The number of anilines is 1. The van der Waals surface area contributed by atoms with E-state index in [9.17, 15) is 8.42 Å². The number of hydrogen-bond donors (Lipinski definition) is 1. The Morgan fingerprint density at radius 3 is 2.50 bits per heavy atom. The summed E-state index contributed by atoms with van der Waals surface area (Å²) in [4.78, 5) is 4.32. The Hall–Kier alpha value is -3.20. The molecule has 3 aromatic rings. The zero-order valence-electron chi connectivity index (χ0n) is 16.7. The van der Waals surface area contributed by atoms with Crippen LogP contribution < -0.4 is 19.5 Å². The molecule has 1 N–H and O–H groups in total. The molecule has 0 saturated heterocycles. The third-order valence-corrected chi connectivity index (χ3v) is 6.14. The minimum absolute atomic E-state index is 0.0476. The minimum atomic E-state index is -3.95. The summed E-state index contributed by atoms with van der Waals surface area (Å²) in [5, 5.41) is 2.58. The first-order valence-corrected chi connectivity index (χ1v) is 11.1. The zero-order valence-corrected chi connectivity index (χ0v) is 17.5. The molecule has 0 amide bonds. The maximum Gasteiger partial charge on any atom is 0.233 e. The van der Waals surface area contributed by atoms with Crippen molar-refractivity contribution in [2.24, 2.45) is 0 Å². The molecule has 1 aliphatic heterocycles. The summed E-state index contributed by atoms with van der Waals surface area (Å²) < 4.78 is 48.7. The molecule has 30 heavy (non-hydrogen) atoms. The van der Waals surface area contributed by atoms with E-state index in [2.05, 4.69) is 10.3 Å². The Morgan fingerprint density at radius 2 is 1.80 bits per heavy atom. The fourth-order valence-corrected chi connectivity index (χ4v) is 4.31. The lowest BCUT2D eigenvalue weighted by atomic mass is 10.2. The Balaban J connectivity index is 1.68. The van der Waals surface area contributed by atoms with Gasteiger partial charge in [0, 0.05) is 18.7 Å². The Kier molecular flexibility index (Phi) is 5.54. The molecule has 8 nitrogen and oxygen atoms in total. The van der Waals surface area contributed by atoms with Gasteiger partial charge >= 0.3 is 0 Å². The average Bonchev–Trinajstić information content (AvgIpc) is 3.23. The summed E-state index contributed by atoms with van der Waals surface area (Å²) in [6.45, 7) is 3.45. The van der Waals surface area contributed by atoms with E-state index in [1.165, 1.54) is 12.1 Å². The Morgan fingerprint density at radius 1 is 1.07 bits per heavy atom. The molecular weight excluding hydrogens is 408 g/mol. The normalized spacial score (nSPS) is 13.1. The van der Waals surface area contributed by atoms with Gasteiger partial charge in [0.15, 0.2) is 11.5 Å². The molecule has 0 bridgehead atoms. The molecule has 0 unspecified atom stereocenters. The SMILES string of the molecule is CCCOc1ccc(-c2nc(S(=O)(=O)c3ccc4c(c3)OCCO4)c(NC)o2)cc1. The number of benzene rings is 2. The molecular formula is C21H22N2O6S. The summed E-state index contributed by atoms with van der Waals surface area (Å²) in [5.74, 6) is 1.88. The van der Waals surface area contributed by atoms with Crippen LogP contribution >= 0.6 is 0 Å². The predicted octanol–water partition coefficient (Wildman–Crippen LogP) is 3.78. The quantitative estimate of drug-likeness (QED) is 0.605. The van der Waals surface area contributed by atoms with E-state index in [-0.39, 0.29) is 21.7 Å². The van der Waals surface area contributed by atoms with Crippen molar-refractivity contribution in [2.75, 3.05) is 32.2 Å². The third kappa shape index (κ3) is 3.80. The third-order valence-electron chi connectivity index (χ3n) is 4.48. The maximum absolute atomic E-state index is 13.2. The first-order valence-electron chi connectivity index (χ1n) is 9.59. The number of oxazole rings is 1. The van der Waals surface area contributed by atoms with Crippen molar-refractivity contribution in [3.63, 3.8) is 0 Å². The van der Waals surface area contributed by atoms with Crippen LogP contribution in [0.25, 0.3) is 11.5 Å². The molecule has 0 spiro atoms. The molecule has 0 aliphatic carbocycles. The van der Waals surface area contributed by atoms with Crippen LogP contribution in [0.5, 0.6) is 17.2 Å². The molecule has 1 aromatic heterocycles. The van der Waals surface area contributed by atoms with Crippen LogP contribution in [-0.4, -0.2) is 40.3 Å². The van der Waals surface area contributed by atoms with E-state index in [1.54, 1.807) is 37.4 Å². The van der Waals surface area contributed by atoms with Crippen LogP contribution in [-0.2, 0) is 9.84 Å². The van der Waals surface area contributed by atoms with Crippen LogP contribution in [0.1, 0.15) is 13.3 Å². The van der Waals surface area contributed by atoms with E-state index in [1.807, 2.05) is 6.92 Å².